The molecule has 408 valence electrons. The Morgan fingerprint density at radius 1 is 0.417 bits per heavy atom. The minimum Gasteiger partial charge on any atom is -0.457 e. The molecule has 0 aliphatic carbocycles. The summed E-state index contributed by atoms with van der Waals surface area (Å²) in [6.07, 6.45) is 0. The van der Waals surface area contributed by atoms with Gasteiger partial charge in [0.2, 0.25) is 0 Å². The lowest BCUT2D eigenvalue weighted by atomic mass is 9.78. The summed E-state index contributed by atoms with van der Waals surface area (Å²) in [5, 5.41) is 0. The van der Waals surface area contributed by atoms with Gasteiger partial charge in [0.1, 0.15) is 23.0 Å². The third-order valence-corrected chi connectivity index (χ3v) is 14.8. The van der Waals surface area contributed by atoms with Crippen molar-refractivity contribution in [2.45, 2.75) is 40.0 Å². The molecule has 3 aliphatic heterocycles. The molecule has 9 aromatic carbocycles. The number of aryl methyl sites for hydroxylation is 1. The van der Waals surface area contributed by atoms with Crippen LogP contribution in [0.15, 0.2) is 206 Å². The number of ketones is 1. The van der Waals surface area contributed by atoms with Crippen LogP contribution in [0.1, 0.15) is 139 Å². The summed E-state index contributed by atoms with van der Waals surface area (Å²) in [5.41, 5.74) is 6.46. The molecule has 0 spiro atoms. The summed E-state index contributed by atoms with van der Waals surface area (Å²) in [7, 11) is 0. The van der Waals surface area contributed by atoms with Crippen molar-refractivity contribution >= 4 is 52.6 Å². The van der Waals surface area contributed by atoms with E-state index in [-0.39, 0.29) is 56.6 Å². The number of hydrogen-bond acceptors (Lipinski definition) is 9. The lowest BCUT2D eigenvalue weighted by Gasteiger charge is -2.26. The molecule has 6 amide bonds. The van der Waals surface area contributed by atoms with Gasteiger partial charge in [-0.05, 0) is 171 Å². The number of hydrogen-bond donors (Lipinski definition) is 0. The van der Waals surface area contributed by atoms with Gasteiger partial charge < -0.3 is 9.47 Å². The highest BCUT2D eigenvalue weighted by Crippen LogP contribution is 2.39. The summed E-state index contributed by atoms with van der Waals surface area (Å²) in [6.45, 7) is 9.88. The fourth-order valence-corrected chi connectivity index (χ4v) is 10.2. The van der Waals surface area contributed by atoms with Gasteiger partial charge >= 0.3 is 0 Å². The van der Waals surface area contributed by atoms with Gasteiger partial charge in [-0.3, -0.25) is 38.5 Å². The number of carbonyl (C=O) groups is 7. The van der Waals surface area contributed by atoms with Gasteiger partial charge in [0.05, 0.1) is 44.8 Å². The lowest BCUT2D eigenvalue weighted by Crippen LogP contribution is -2.32. The first-order valence-corrected chi connectivity index (χ1v) is 27.0. The topological polar surface area (TPSA) is 148 Å². The molecule has 0 saturated heterocycles. The highest BCUT2D eigenvalue weighted by molar-refractivity contribution is 6.37. The Bertz CT molecular complexity index is 4320. The predicted octanol–water partition coefficient (Wildman–Crippen LogP) is 13.8. The first-order valence-electron chi connectivity index (χ1n) is 27.0. The molecule has 0 fully saturated rings. The average Bonchev–Trinajstić information content (AvgIpc) is 2.80. The predicted molar refractivity (Wildman–Crippen MR) is 320 cm³/mol. The van der Waals surface area contributed by atoms with E-state index in [0.717, 1.165) is 37.6 Å². The molecular weight excluding hydrogens is 1050 g/mol. The van der Waals surface area contributed by atoms with Crippen LogP contribution in [0.3, 0.4) is 0 Å². The van der Waals surface area contributed by atoms with E-state index >= 15 is 0 Å². The number of ether oxygens (including phenoxy) is 2. The Labute approximate surface area is 485 Å². The van der Waals surface area contributed by atoms with Gasteiger partial charge in [-0.15, -0.1) is 5.92 Å². The van der Waals surface area contributed by atoms with Gasteiger partial charge in [-0.25, -0.2) is 9.80 Å². The maximum Gasteiger partial charge on any atom is 0.266 e. The largest absolute Gasteiger partial charge is 0.457 e. The SMILES string of the molecule is CC#Cc1ccccc1.CCN1C(=O)c2ccc(Oc3ccc(C(C)(C)c4ccc(Oc5ccc6c(c5)C(=O)N(c5cc(C(=O)c7ccc(C#Cc8ccccc8)cc7)cc(N7C(=O)c8ccc(C)cc8C7=O)c5)C6=O)cc4)cc3)cc2C1=O. The monoisotopic (exact) mass is 1100 g/mol. The minimum atomic E-state index is -0.689. The number of imide groups is 3. The molecule has 0 N–H and O–H groups in total. The zero-order chi connectivity index (χ0) is 58.8. The van der Waals surface area contributed by atoms with Crippen molar-refractivity contribution in [1.82, 2.24) is 4.90 Å². The van der Waals surface area contributed by atoms with Crippen LogP contribution in [0.5, 0.6) is 23.0 Å². The highest BCUT2D eigenvalue weighted by atomic mass is 16.5. The van der Waals surface area contributed by atoms with Crippen molar-refractivity contribution in [3.63, 3.8) is 0 Å². The Morgan fingerprint density at radius 3 is 1.31 bits per heavy atom. The van der Waals surface area contributed by atoms with Crippen LogP contribution in [0.25, 0.3) is 0 Å². The Hall–Kier alpha value is -11.2. The van der Waals surface area contributed by atoms with E-state index in [0.29, 0.717) is 46.2 Å². The minimum absolute atomic E-state index is 0.0117. The summed E-state index contributed by atoms with van der Waals surface area (Å²) < 4.78 is 12.3. The fourth-order valence-electron chi connectivity index (χ4n) is 10.2. The first kappa shape index (κ1) is 54.7. The molecule has 12 heteroatoms. The van der Waals surface area contributed by atoms with E-state index < -0.39 is 34.8 Å². The van der Waals surface area contributed by atoms with E-state index in [9.17, 15) is 33.6 Å². The van der Waals surface area contributed by atoms with Gasteiger partial charge in [-0.1, -0.05) is 104 Å². The highest BCUT2D eigenvalue weighted by Gasteiger charge is 2.41. The van der Waals surface area contributed by atoms with Crippen molar-refractivity contribution in [1.29, 1.82) is 0 Å². The summed E-state index contributed by atoms with van der Waals surface area (Å²) >= 11 is 0. The quantitative estimate of drug-likeness (QED) is 0.0701. The fraction of sp³-hybridized carbons (Fsp3) is 0.0972. The number of rotatable bonds is 11. The van der Waals surface area contributed by atoms with Crippen LogP contribution in [0.4, 0.5) is 11.4 Å². The standard InChI is InChI=1S/C63H43N3O9.C9H8/c1-5-64-57(68)50-29-26-48(35-54(50)58(64)69)74-46-22-18-42(19-23-46)63(3,4)43-20-24-47(25-21-43)75-49-27-30-52-55(36-49)62(73)66(60(52)71)45-33-41(32-44(34-45)65-59(70)51-28-11-37(2)31-53(51)61(65)72)56(67)40-16-14-39(15-17-40)13-12-38-9-7-6-8-10-38;1-2-6-9-7-4-3-5-8-9/h6-11,14-36H,5H2,1-4H3;3-5,7-8H,1H3. The Kier molecular flexibility index (Phi) is 14.8. The van der Waals surface area contributed by atoms with E-state index in [4.69, 9.17) is 9.47 Å². The van der Waals surface area contributed by atoms with Crippen LogP contribution in [-0.4, -0.2) is 52.7 Å². The molecular formula is C72H51N3O9. The second kappa shape index (κ2) is 22.7. The van der Waals surface area contributed by atoms with E-state index in [1.54, 1.807) is 73.7 Å². The number of benzene rings is 9. The summed E-state index contributed by atoms with van der Waals surface area (Å²) in [6, 6.07) is 59.9. The van der Waals surface area contributed by atoms with Crippen LogP contribution < -0.4 is 19.3 Å². The number of carbonyl (C=O) groups excluding carboxylic acids is 7. The van der Waals surface area contributed by atoms with Crippen LogP contribution >= 0.6 is 0 Å². The molecule has 0 bridgehead atoms. The van der Waals surface area contributed by atoms with E-state index in [1.807, 2.05) is 123 Å². The van der Waals surface area contributed by atoms with Gasteiger partial charge in [0.25, 0.3) is 35.4 Å². The molecule has 0 radical (unpaired) electrons. The maximum atomic E-state index is 14.4. The third-order valence-electron chi connectivity index (χ3n) is 14.8. The van der Waals surface area contributed by atoms with Crippen LogP contribution in [0.2, 0.25) is 0 Å². The molecule has 9 aromatic rings. The summed E-state index contributed by atoms with van der Waals surface area (Å²) in [5.74, 6) is 10.1. The van der Waals surface area contributed by atoms with E-state index in [2.05, 4.69) is 37.5 Å². The molecule has 0 unspecified atom stereocenters. The van der Waals surface area contributed by atoms with Crippen LogP contribution in [-0.2, 0) is 5.41 Å². The smallest absolute Gasteiger partial charge is 0.266 e. The van der Waals surface area contributed by atoms with Crippen molar-refractivity contribution < 1.29 is 43.0 Å². The Balaban J connectivity index is 0.000000749. The summed E-state index contributed by atoms with van der Waals surface area (Å²) in [4.78, 5) is 99.1. The van der Waals surface area contributed by atoms with Gasteiger partial charge in [0, 0.05) is 39.8 Å². The molecule has 3 heterocycles. The third kappa shape index (κ3) is 10.7. The van der Waals surface area contributed by atoms with E-state index in [1.165, 1.54) is 35.2 Å². The number of anilines is 2. The molecule has 84 heavy (non-hydrogen) atoms. The number of amides is 6. The molecule has 12 nitrogen and oxygen atoms in total. The molecule has 0 saturated carbocycles. The first-order chi connectivity index (χ1) is 40.6. The second-order valence-electron chi connectivity index (χ2n) is 20.6. The van der Waals surface area contributed by atoms with Crippen molar-refractivity contribution in [3.8, 4) is 46.7 Å². The van der Waals surface area contributed by atoms with Crippen LogP contribution in [0, 0.1) is 30.6 Å². The van der Waals surface area contributed by atoms with Crippen molar-refractivity contribution in [3.05, 3.63) is 284 Å². The second-order valence-corrected chi connectivity index (χ2v) is 20.6. The lowest BCUT2D eigenvalue weighted by molar-refractivity contribution is 0.0660. The van der Waals surface area contributed by atoms with Crippen molar-refractivity contribution in [2.24, 2.45) is 0 Å². The molecule has 0 aromatic heterocycles. The maximum absolute atomic E-state index is 14.4. The number of nitrogens with zero attached hydrogens (tertiary/aromatic N) is 3. The average molecular weight is 1100 g/mol. The van der Waals surface area contributed by atoms with Gasteiger partial charge in [0.15, 0.2) is 5.78 Å². The van der Waals surface area contributed by atoms with Gasteiger partial charge in [-0.2, -0.15) is 0 Å². The molecule has 12 rings (SSSR count). The number of fused-ring (bicyclic) bond motifs is 3. The Morgan fingerprint density at radius 2 is 0.821 bits per heavy atom. The van der Waals surface area contributed by atoms with Crippen molar-refractivity contribution in [2.75, 3.05) is 16.3 Å². The zero-order valence-corrected chi connectivity index (χ0v) is 46.4. The normalized spacial score (nSPS) is 13.0. The zero-order valence-electron chi connectivity index (χ0n) is 46.4. The molecule has 3 aliphatic rings. The molecule has 0 atom stereocenters.